The van der Waals surface area contributed by atoms with Gasteiger partial charge < -0.3 is 5.48 Å². The van der Waals surface area contributed by atoms with Crippen LogP contribution in [-0.4, -0.2) is 21.1 Å². The predicted octanol–water partition coefficient (Wildman–Crippen LogP) is 1.78. The van der Waals surface area contributed by atoms with Crippen LogP contribution in [0.4, 0.5) is 0 Å². The van der Waals surface area contributed by atoms with Crippen molar-refractivity contribution in [2.24, 2.45) is 0 Å². The van der Waals surface area contributed by atoms with E-state index in [4.69, 9.17) is 0 Å². The molecular formula is C6H10OSn. The van der Waals surface area contributed by atoms with E-state index in [1.807, 2.05) is 12.2 Å². The first kappa shape index (κ1) is 11.1. The van der Waals surface area contributed by atoms with Crippen molar-refractivity contribution < 1.29 is 5.48 Å². The van der Waals surface area contributed by atoms with Crippen molar-refractivity contribution in [2.75, 3.05) is 0 Å². The SMILES string of the molecule is C=C[CH2][Sn+2][CH2]C=C.[O-2]. The molecule has 0 aliphatic heterocycles. The van der Waals surface area contributed by atoms with Crippen LogP contribution in [0.1, 0.15) is 0 Å². The minimum Gasteiger partial charge on any atom is -2.00 e. The molecule has 0 radical (unpaired) electrons. The van der Waals surface area contributed by atoms with Crippen molar-refractivity contribution in [1.82, 2.24) is 0 Å². The largest absolute Gasteiger partial charge is 2.00 e. The van der Waals surface area contributed by atoms with Crippen molar-refractivity contribution in [3.63, 3.8) is 0 Å². The average molecular weight is 217 g/mol. The molecule has 0 aliphatic carbocycles. The molecule has 44 valence electrons. The van der Waals surface area contributed by atoms with Crippen LogP contribution < -0.4 is 0 Å². The van der Waals surface area contributed by atoms with Crippen molar-refractivity contribution in [3.8, 4) is 0 Å². The van der Waals surface area contributed by atoms with E-state index in [-0.39, 0.29) is 26.6 Å². The Kier molecular flexibility index (Phi) is 14.2. The van der Waals surface area contributed by atoms with Gasteiger partial charge in [-0.1, -0.05) is 0 Å². The third-order valence-electron chi connectivity index (χ3n) is 0.577. The van der Waals surface area contributed by atoms with Gasteiger partial charge in [-0.05, 0) is 0 Å². The Labute approximate surface area is 61.0 Å². The maximum absolute atomic E-state index is 3.64. The number of allylic oxidation sites excluding steroid dienone is 2. The monoisotopic (exact) mass is 218 g/mol. The molecule has 0 bridgehead atoms. The molecule has 0 saturated heterocycles. The van der Waals surface area contributed by atoms with E-state index in [0.717, 1.165) is 0 Å². The summed E-state index contributed by atoms with van der Waals surface area (Å²) < 4.78 is 2.57. The number of hydrogen-bond acceptors (Lipinski definition) is 0. The smallest absolute Gasteiger partial charge is 2.00 e. The van der Waals surface area contributed by atoms with Gasteiger partial charge in [-0.2, -0.15) is 0 Å². The summed E-state index contributed by atoms with van der Waals surface area (Å²) in [6, 6.07) is 0. The average Bonchev–Trinajstić information content (AvgIpc) is 1.69. The third kappa shape index (κ3) is 9.53. The van der Waals surface area contributed by atoms with Gasteiger partial charge in [0.15, 0.2) is 0 Å². The Morgan fingerprint density at radius 1 is 1.12 bits per heavy atom. The van der Waals surface area contributed by atoms with Crippen LogP contribution >= 0.6 is 0 Å². The zero-order valence-electron chi connectivity index (χ0n) is 4.89. The maximum atomic E-state index is 3.64. The van der Waals surface area contributed by atoms with Gasteiger partial charge in [-0.25, -0.2) is 0 Å². The van der Waals surface area contributed by atoms with Crippen molar-refractivity contribution in [1.29, 1.82) is 0 Å². The zero-order valence-corrected chi connectivity index (χ0v) is 7.75. The van der Waals surface area contributed by atoms with E-state index >= 15 is 0 Å². The molecule has 0 fully saturated rings. The van der Waals surface area contributed by atoms with E-state index in [1.165, 1.54) is 8.87 Å². The van der Waals surface area contributed by atoms with Crippen molar-refractivity contribution >= 4 is 21.1 Å². The van der Waals surface area contributed by atoms with Gasteiger partial charge in [0.25, 0.3) is 0 Å². The van der Waals surface area contributed by atoms with Crippen LogP contribution in [0.2, 0.25) is 8.87 Å². The van der Waals surface area contributed by atoms with Crippen LogP contribution in [0.15, 0.2) is 25.3 Å². The van der Waals surface area contributed by atoms with Crippen molar-refractivity contribution in [3.05, 3.63) is 25.3 Å². The fourth-order valence-corrected chi connectivity index (χ4v) is 1.93. The summed E-state index contributed by atoms with van der Waals surface area (Å²) in [5.74, 6) is 0. The molecule has 0 rings (SSSR count). The second kappa shape index (κ2) is 10.3. The third-order valence-corrected chi connectivity index (χ3v) is 3.87. The predicted molar refractivity (Wildman–Crippen MR) is 36.4 cm³/mol. The first-order valence-corrected chi connectivity index (χ1v) is 6.38. The summed E-state index contributed by atoms with van der Waals surface area (Å²) >= 11 is -0.0547. The summed E-state index contributed by atoms with van der Waals surface area (Å²) in [5.41, 5.74) is 0. The van der Waals surface area contributed by atoms with Crippen LogP contribution in [0, 0.1) is 0 Å². The topological polar surface area (TPSA) is 28.5 Å². The first-order valence-electron chi connectivity index (χ1n) is 2.34. The van der Waals surface area contributed by atoms with Crippen molar-refractivity contribution in [2.45, 2.75) is 8.87 Å². The molecular weight excluding hydrogens is 207 g/mol. The Morgan fingerprint density at radius 3 is 1.75 bits per heavy atom. The summed E-state index contributed by atoms with van der Waals surface area (Å²) in [4.78, 5) is 0. The van der Waals surface area contributed by atoms with E-state index in [9.17, 15) is 0 Å². The van der Waals surface area contributed by atoms with Crippen LogP contribution in [-0.2, 0) is 5.48 Å². The standard InChI is InChI=1S/2C3H5.O.Sn/c2*1-3-2;;/h2*3H,1-2H2;;/q;;-2;+2. The summed E-state index contributed by atoms with van der Waals surface area (Å²) in [7, 11) is 0. The molecule has 2 heteroatoms. The molecule has 0 unspecified atom stereocenters. The number of rotatable bonds is 4. The fourth-order valence-electron chi connectivity index (χ4n) is 0.287. The minimum atomic E-state index is -0.0547. The molecule has 0 aromatic carbocycles. The van der Waals surface area contributed by atoms with Crippen LogP contribution in [0.5, 0.6) is 0 Å². The molecule has 0 aliphatic rings. The van der Waals surface area contributed by atoms with Gasteiger partial charge in [0.2, 0.25) is 0 Å². The quantitative estimate of drug-likeness (QED) is 0.390. The summed E-state index contributed by atoms with van der Waals surface area (Å²) in [6.45, 7) is 7.28. The molecule has 0 atom stereocenters. The normalized spacial score (nSPS) is 6.00. The second-order valence-electron chi connectivity index (χ2n) is 1.24. The summed E-state index contributed by atoms with van der Waals surface area (Å²) in [6.07, 6.45) is 4.02. The minimum absolute atomic E-state index is 0. The molecule has 1 nitrogen and oxygen atoms in total. The molecule has 0 saturated carbocycles. The maximum Gasteiger partial charge on any atom is -2.00 e. The Hall–Kier alpha value is 0.239. The number of hydrogen-bond donors (Lipinski definition) is 0. The Morgan fingerprint density at radius 2 is 1.50 bits per heavy atom. The van der Waals surface area contributed by atoms with E-state index in [0.29, 0.717) is 0 Å². The molecule has 0 aromatic rings. The van der Waals surface area contributed by atoms with E-state index in [1.54, 1.807) is 0 Å². The summed E-state index contributed by atoms with van der Waals surface area (Å²) in [5, 5.41) is 0. The van der Waals surface area contributed by atoms with Gasteiger partial charge in [0.1, 0.15) is 0 Å². The van der Waals surface area contributed by atoms with Gasteiger partial charge in [-0.15, -0.1) is 0 Å². The first-order chi connectivity index (χ1) is 3.41. The Bertz CT molecular complexity index is 53.5. The van der Waals surface area contributed by atoms with Gasteiger partial charge >= 0.3 is 55.3 Å². The molecule has 0 heterocycles. The van der Waals surface area contributed by atoms with E-state index in [2.05, 4.69) is 13.2 Å². The molecule has 0 spiro atoms. The van der Waals surface area contributed by atoms with Gasteiger partial charge in [-0.3, -0.25) is 0 Å². The van der Waals surface area contributed by atoms with Crippen LogP contribution in [0.25, 0.3) is 0 Å². The fraction of sp³-hybridized carbons (Fsp3) is 0.333. The second-order valence-corrected chi connectivity index (χ2v) is 4.99. The van der Waals surface area contributed by atoms with Gasteiger partial charge in [0.05, 0.1) is 0 Å². The van der Waals surface area contributed by atoms with Crippen LogP contribution in [0.3, 0.4) is 0 Å². The molecule has 0 amide bonds. The molecule has 8 heavy (non-hydrogen) atoms. The Balaban J connectivity index is 0. The van der Waals surface area contributed by atoms with Gasteiger partial charge in [0, 0.05) is 0 Å². The zero-order chi connectivity index (χ0) is 5.54. The molecule has 0 aromatic heterocycles. The van der Waals surface area contributed by atoms with E-state index < -0.39 is 0 Å². The molecule has 0 N–H and O–H groups in total.